The van der Waals surface area contributed by atoms with Crippen molar-refractivity contribution in [2.24, 2.45) is 0 Å². The van der Waals surface area contributed by atoms with Crippen LogP contribution in [0.4, 0.5) is 0 Å². The van der Waals surface area contributed by atoms with Crippen LogP contribution in [0, 0.1) is 13.8 Å². The number of rotatable bonds is 1. The Morgan fingerprint density at radius 2 is 2.00 bits per heavy atom. The predicted molar refractivity (Wildman–Crippen MR) is 76.4 cm³/mol. The van der Waals surface area contributed by atoms with Gasteiger partial charge < -0.3 is 10.2 Å². The van der Waals surface area contributed by atoms with Crippen molar-refractivity contribution in [2.75, 3.05) is 13.1 Å². The maximum Gasteiger partial charge on any atom is 0.254 e. The summed E-state index contributed by atoms with van der Waals surface area (Å²) in [6, 6.07) is 6.96. The number of amides is 1. The van der Waals surface area contributed by atoms with Crippen molar-refractivity contribution in [3.05, 3.63) is 34.9 Å². The highest BCUT2D eigenvalue weighted by atomic mass is 16.2. The van der Waals surface area contributed by atoms with Gasteiger partial charge in [-0.15, -0.1) is 0 Å². The van der Waals surface area contributed by atoms with E-state index >= 15 is 0 Å². The van der Waals surface area contributed by atoms with Crippen LogP contribution < -0.4 is 5.32 Å². The number of fused-ring (bicyclic) bond motifs is 2. The largest absolute Gasteiger partial charge is 0.331 e. The van der Waals surface area contributed by atoms with Gasteiger partial charge in [0, 0.05) is 24.2 Å². The standard InChI is InChI=1S/C16H22N2O/c1-11-3-6-15(12(2)9-11)16(19)18-13-4-5-14(18)10-17-8-7-13/h3,6,9,13-14,17H,4-5,7-8,10H2,1-2H3. The molecule has 0 aliphatic carbocycles. The zero-order valence-corrected chi connectivity index (χ0v) is 11.8. The third-order valence-corrected chi connectivity index (χ3v) is 4.50. The fourth-order valence-electron chi connectivity index (χ4n) is 3.51. The molecule has 2 heterocycles. The lowest BCUT2D eigenvalue weighted by molar-refractivity contribution is 0.0679. The first-order valence-electron chi connectivity index (χ1n) is 7.27. The lowest BCUT2D eigenvalue weighted by Crippen LogP contribution is -2.42. The molecule has 3 rings (SSSR count). The third-order valence-electron chi connectivity index (χ3n) is 4.50. The van der Waals surface area contributed by atoms with E-state index < -0.39 is 0 Å². The second-order valence-corrected chi connectivity index (χ2v) is 5.91. The van der Waals surface area contributed by atoms with Gasteiger partial charge in [0.1, 0.15) is 0 Å². The maximum absolute atomic E-state index is 12.8. The van der Waals surface area contributed by atoms with Crippen molar-refractivity contribution < 1.29 is 4.79 Å². The van der Waals surface area contributed by atoms with E-state index in [1.165, 1.54) is 12.0 Å². The second-order valence-electron chi connectivity index (χ2n) is 5.91. The Hall–Kier alpha value is -1.35. The molecule has 102 valence electrons. The van der Waals surface area contributed by atoms with Gasteiger partial charge >= 0.3 is 0 Å². The molecule has 2 aliphatic heterocycles. The van der Waals surface area contributed by atoms with Crippen LogP contribution in [0.1, 0.15) is 40.7 Å². The molecular weight excluding hydrogens is 236 g/mol. The summed E-state index contributed by atoms with van der Waals surface area (Å²) in [5.41, 5.74) is 3.19. The lowest BCUT2D eigenvalue weighted by atomic mass is 10.0. The molecule has 0 aromatic heterocycles. The van der Waals surface area contributed by atoms with Crippen LogP contribution >= 0.6 is 0 Å². The van der Waals surface area contributed by atoms with E-state index in [1.54, 1.807) is 0 Å². The molecule has 1 amide bonds. The quantitative estimate of drug-likeness (QED) is 0.838. The second kappa shape index (κ2) is 4.97. The van der Waals surface area contributed by atoms with Crippen LogP contribution in [0.3, 0.4) is 0 Å². The number of hydrogen-bond acceptors (Lipinski definition) is 2. The number of benzene rings is 1. The molecule has 0 radical (unpaired) electrons. The Bertz CT molecular complexity index is 484. The average molecular weight is 258 g/mol. The van der Waals surface area contributed by atoms with Crippen molar-refractivity contribution in [3.8, 4) is 0 Å². The number of carbonyl (C=O) groups excluding carboxylic acids is 1. The summed E-state index contributed by atoms with van der Waals surface area (Å²) in [5.74, 6) is 0.230. The van der Waals surface area contributed by atoms with Gasteiger partial charge in [-0.05, 0) is 51.3 Å². The van der Waals surface area contributed by atoms with E-state index in [2.05, 4.69) is 23.2 Å². The fourth-order valence-corrected chi connectivity index (χ4v) is 3.51. The fraction of sp³-hybridized carbons (Fsp3) is 0.562. The molecule has 0 spiro atoms. The van der Waals surface area contributed by atoms with E-state index in [0.29, 0.717) is 12.1 Å². The SMILES string of the molecule is Cc1ccc(C(=O)N2C3CCNCC2CC3)c(C)c1. The Kier molecular flexibility index (Phi) is 3.31. The zero-order chi connectivity index (χ0) is 13.4. The number of hydrogen-bond donors (Lipinski definition) is 1. The van der Waals surface area contributed by atoms with E-state index in [4.69, 9.17) is 0 Å². The summed E-state index contributed by atoms with van der Waals surface area (Å²) in [4.78, 5) is 15.0. The van der Waals surface area contributed by atoms with E-state index in [1.807, 2.05) is 19.1 Å². The molecule has 3 nitrogen and oxygen atoms in total. The van der Waals surface area contributed by atoms with Crippen LogP contribution in [-0.4, -0.2) is 36.0 Å². The summed E-state index contributed by atoms with van der Waals surface area (Å²) < 4.78 is 0. The molecule has 1 N–H and O–H groups in total. The van der Waals surface area contributed by atoms with Gasteiger partial charge in [-0.25, -0.2) is 0 Å². The summed E-state index contributed by atoms with van der Waals surface area (Å²) >= 11 is 0. The van der Waals surface area contributed by atoms with Crippen LogP contribution in [-0.2, 0) is 0 Å². The zero-order valence-electron chi connectivity index (χ0n) is 11.8. The normalized spacial score (nSPS) is 26.3. The van der Waals surface area contributed by atoms with Crippen LogP contribution in [0.2, 0.25) is 0 Å². The van der Waals surface area contributed by atoms with Crippen molar-refractivity contribution in [2.45, 2.75) is 45.2 Å². The summed E-state index contributed by atoms with van der Waals surface area (Å²) in [6.45, 7) is 6.10. The molecule has 2 aliphatic rings. The molecule has 2 saturated heterocycles. The van der Waals surface area contributed by atoms with Crippen LogP contribution in [0.5, 0.6) is 0 Å². The molecule has 1 aromatic carbocycles. The highest BCUT2D eigenvalue weighted by Crippen LogP contribution is 2.30. The van der Waals surface area contributed by atoms with Crippen LogP contribution in [0.15, 0.2) is 18.2 Å². The molecule has 1 aromatic rings. The number of nitrogens with one attached hydrogen (secondary N) is 1. The summed E-state index contributed by atoms with van der Waals surface area (Å²) in [7, 11) is 0. The highest BCUT2D eigenvalue weighted by Gasteiger charge is 2.38. The highest BCUT2D eigenvalue weighted by molar-refractivity contribution is 5.96. The molecule has 2 bridgehead atoms. The van der Waals surface area contributed by atoms with Gasteiger partial charge in [0.05, 0.1) is 0 Å². The topological polar surface area (TPSA) is 32.3 Å². The molecule has 0 saturated carbocycles. The first-order valence-corrected chi connectivity index (χ1v) is 7.27. The smallest absolute Gasteiger partial charge is 0.254 e. The first kappa shape index (κ1) is 12.7. The Morgan fingerprint density at radius 3 is 2.79 bits per heavy atom. The number of carbonyl (C=O) groups is 1. The lowest BCUT2D eigenvalue weighted by Gasteiger charge is -2.28. The predicted octanol–water partition coefficient (Wildman–Crippen LogP) is 2.27. The average Bonchev–Trinajstić information content (AvgIpc) is 2.62. The van der Waals surface area contributed by atoms with Gasteiger partial charge in [-0.2, -0.15) is 0 Å². The Labute approximate surface area is 115 Å². The van der Waals surface area contributed by atoms with Crippen LogP contribution in [0.25, 0.3) is 0 Å². The van der Waals surface area contributed by atoms with Gasteiger partial charge in [0.2, 0.25) is 0 Å². The van der Waals surface area contributed by atoms with E-state index in [0.717, 1.165) is 37.1 Å². The molecule has 3 heteroatoms. The summed E-state index contributed by atoms with van der Waals surface area (Å²) in [6.07, 6.45) is 3.41. The van der Waals surface area contributed by atoms with E-state index in [9.17, 15) is 4.79 Å². The number of aryl methyl sites for hydroxylation is 2. The molecular formula is C16H22N2O. The van der Waals surface area contributed by atoms with Crippen molar-refractivity contribution in [1.29, 1.82) is 0 Å². The van der Waals surface area contributed by atoms with Crippen molar-refractivity contribution in [1.82, 2.24) is 10.2 Å². The minimum atomic E-state index is 0.230. The molecule has 2 fully saturated rings. The van der Waals surface area contributed by atoms with Gasteiger partial charge in [-0.3, -0.25) is 4.79 Å². The Balaban J connectivity index is 1.90. The Morgan fingerprint density at radius 1 is 1.21 bits per heavy atom. The van der Waals surface area contributed by atoms with E-state index in [-0.39, 0.29) is 5.91 Å². The minimum Gasteiger partial charge on any atom is -0.331 e. The van der Waals surface area contributed by atoms with Gasteiger partial charge in [0.25, 0.3) is 5.91 Å². The maximum atomic E-state index is 12.8. The number of nitrogens with zero attached hydrogens (tertiary/aromatic N) is 1. The third kappa shape index (κ3) is 2.27. The first-order chi connectivity index (χ1) is 9.16. The summed E-state index contributed by atoms with van der Waals surface area (Å²) in [5, 5.41) is 3.44. The minimum absolute atomic E-state index is 0.230. The molecule has 2 unspecified atom stereocenters. The van der Waals surface area contributed by atoms with Gasteiger partial charge in [-0.1, -0.05) is 17.7 Å². The monoisotopic (exact) mass is 258 g/mol. The molecule has 2 atom stereocenters. The van der Waals surface area contributed by atoms with Crippen molar-refractivity contribution >= 4 is 5.91 Å². The molecule has 19 heavy (non-hydrogen) atoms. The van der Waals surface area contributed by atoms with Crippen molar-refractivity contribution in [3.63, 3.8) is 0 Å². The van der Waals surface area contributed by atoms with Gasteiger partial charge in [0.15, 0.2) is 0 Å².